The number of hydrogen-bond donors (Lipinski definition) is 2. The first-order valence-electron chi connectivity index (χ1n) is 18.3. The van der Waals surface area contributed by atoms with E-state index in [1.54, 1.807) is 0 Å². The van der Waals surface area contributed by atoms with Crippen molar-refractivity contribution in [2.75, 3.05) is 26.4 Å². The van der Waals surface area contributed by atoms with Gasteiger partial charge in [0.05, 0.1) is 13.2 Å². The molecule has 0 aromatic rings. The molecule has 46 heavy (non-hydrogen) atoms. The van der Waals surface area contributed by atoms with Crippen molar-refractivity contribution in [2.45, 2.75) is 168 Å². The number of carbonyl (C=O) groups excluding carboxylic acids is 2. The highest BCUT2D eigenvalue weighted by atomic mass is 31.2. The van der Waals surface area contributed by atoms with Crippen molar-refractivity contribution < 1.29 is 37.6 Å². The first kappa shape index (κ1) is 44.5. The number of ether oxygens (including phenoxy) is 2. The second-order valence-electron chi connectivity index (χ2n) is 12.1. The van der Waals surface area contributed by atoms with E-state index in [4.69, 9.17) is 24.3 Å². The minimum Gasteiger partial charge on any atom is -0.462 e. The maximum Gasteiger partial charge on any atom is 0.472 e. The Kier molecular flexibility index (Phi) is 32.3. The second kappa shape index (κ2) is 33.4. The zero-order valence-corrected chi connectivity index (χ0v) is 30.2. The van der Waals surface area contributed by atoms with E-state index in [0.717, 1.165) is 57.8 Å². The Morgan fingerprint density at radius 1 is 0.652 bits per heavy atom. The van der Waals surface area contributed by atoms with Gasteiger partial charge in [0.2, 0.25) is 0 Å². The summed E-state index contributed by atoms with van der Waals surface area (Å²) in [5.74, 6) is -0.846. The van der Waals surface area contributed by atoms with Crippen LogP contribution in [0.3, 0.4) is 0 Å². The van der Waals surface area contributed by atoms with Gasteiger partial charge in [-0.3, -0.25) is 18.6 Å². The molecular weight excluding hydrogens is 605 g/mol. The summed E-state index contributed by atoms with van der Waals surface area (Å²) in [5.41, 5.74) is 5.32. The van der Waals surface area contributed by atoms with Crippen LogP contribution >= 0.6 is 7.82 Å². The Morgan fingerprint density at radius 2 is 1.13 bits per heavy atom. The molecule has 0 spiro atoms. The summed E-state index contributed by atoms with van der Waals surface area (Å²) in [7, 11) is -4.37. The van der Waals surface area contributed by atoms with E-state index in [1.807, 2.05) is 0 Å². The maximum absolute atomic E-state index is 12.5. The predicted octanol–water partition coefficient (Wildman–Crippen LogP) is 9.66. The first-order chi connectivity index (χ1) is 22.3. The Hall–Kier alpha value is -1.51. The van der Waals surface area contributed by atoms with Gasteiger partial charge in [-0.15, -0.1) is 0 Å². The molecule has 9 nitrogen and oxygen atoms in total. The number of phosphoric ester groups is 1. The number of esters is 2. The van der Waals surface area contributed by atoms with E-state index < -0.39 is 26.5 Å². The lowest BCUT2D eigenvalue weighted by atomic mass is 10.1. The van der Waals surface area contributed by atoms with Crippen LogP contribution in [-0.4, -0.2) is 49.3 Å². The molecule has 10 heteroatoms. The van der Waals surface area contributed by atoms with Crippen LogP contribution in [0.15, 0.2) is 24.3 Å². The Morgan fingerprint density at radius 3 is 1.70 bits per heavy atom. The van der Waals surface area contributed by atoms with Gasteiger partial charge in [-0.25, -0.2) is 4.57 Å². The molecule has 0 aromatic heterocycles. The topological polar surface area (TPSA) is 134 Å². The van der Waals surface area contributed by atoms with Crippen molar-refractivity contribution in [3.8, 4) is 0 Å². The summed E-state index contributed by atoms with van der Waals surface area (Å²) in [5, 5.41) is 0. The van der Waals surface area contributed by atoms with E-state index in [-0.39, 0.29) is 38.6 Å². The molecule has 2 atom stereocenters. The van der Waals surface area contributed by atoms with Crippen molar-refractivity contribution in [1.82, 2.24) is 0 Å². The minimum absolute atomic E-state index is 0.0520. The Labute approximate surface area is 281 Å². The molecule has 0 amide bonds. The lowest BCUT2D eigenvalue weighted by Gasteiger charge is -2.19. The van der Waals surface area contributed by atoms with Crippen LogP contribution in [0.25, 0.3) is 0 Å². The standard InChI is InChI=1S/C36H68NO8P/c1-3-5-7-9-11-13-15-16-17-18-19-21-23-25-27-29-36(39)45-34(33-44-46(40,41)43-31-30-37)32-42-35(38)28-26-24-22-20-14-12-10-8-6-4-2/h11,13,16-17,34H,3-10,12,14-15,18-33,37H2,1-2H3,(H,40,41)/b13-11-,17-16-/t34-/m1/s1. The zero-order chi connectivity index (χ0) is 34.0. The molecule has 0 fully saturated rings. The number of allylic oxidation sites excluding steroid dienone is 4. The predicted molar refractivity (Wildman–Crippen MR) is 187 cm³/mol. The Balaban J connectivity index is 4.27. The summed E-state index contributed by atoms with van der Waals surface area (Å²) in [6.07, 6.45) is 32.1. The number of nitrogens with two attached hydrogens (primary N) is 1. The third kappa shape index (κ3) is 32.4. The molecule has 0 rings (SSSR count). The van der Waals surface area contributed by atoms with Crippen molar-refractivity contribution >= 4 is 19.8 Å². The molecule has 270 valence electrons. The third-order valence-electron chi connectivity index (χ3n) is 7.59. The van der Waals surface area contributed by atoms with Crippen LogP contribution < -0.4 is 5.73 Å². The van der Waals surface area contributed by atoms with Gasteiger partial charge in [0.15, 0.2) is 6.10 Å². The average molecular weight is 674 g/mol. The molecule has 0 aliphatic rings. The number of unbranched alkanes of at least 4 members (excludes halogenated alkanes) is 17. The van der Waals surface area contributed by atoms with Crippen LogP contribution in [0.1, 0.15) is 162 Å². The van der Waals surface area contributed by atoms with Crippen LogP contribution in [-0.2, 0) is 32.7 Å². The lowest BCUT2D eigenvalue weighted by Crippen LogP contribution is -2.29. The summed E-state index contributed by atoms with van der Waals surface area (Å²) in [4.78, 5) is 34.6. The van der Waals surface area contributed by atoms with Gasteiger partial charge in [0.1, 0.15) is 6.61 Å². The second-order valence-corrected chi connectivity index (χ2v) is 13.5. The van der Waals surface area contributed by atoms with E-state index in [0.29, 0.717) is 6.42 Å². The lowest BCUT2D eigenvalue weighted by molar-refractivity contribution is -0.161. The number of hydrogen-bond acceptors (Lipinski definition) is 8. The highest BCUT2D eigenvalue weighted by Crippen LogP contribution is 2.43. The molecule has 0 heterocycles. The monoisotopic (exact) mass is 673 g/mol. The quantitative estimate of drug-likeness (QED) is 0.0296. The van der Waals surface area contributed by atoms with Crippen molar-refractivity contribution in [3.63, 3.8) is 0 Å². The molecule has 0 bridgehead atoms. The van der Waals surface area contributed by atoms with Gasteiger partial charge in [0.25, 0.3) is 0 Å². The molecular formula is C36H68NO8P. The van der Waals surface area contributed by atoms with E-state index in [2.05, 4.69) is 38.2 Å². The number of rotatable bonds is 34. The largest absolute Gasteiger partial charge is 0.472 e. The third-order valence-corrected chi connectivity index (χ3v) is 8.57. The smallest absolute Gasteiger partial charge is 0.462 e. The average Bonchev–Trinajstić information content (AvgIpc) is 3.04. The van der Waals surface area contributed by atoms with Gasteiger partial charge in [-0.05, 0) is 44.9 Å². The summed E-state index contributed by atoms with van der Waals surface area (Å²) < 4.78 is 32.6. The van der Waals surface area contributed by atoms with Gasteiger partial charge < -0.3 is 20.1 Å². The number of carbonyl (C=O) groups is 2. The van der Waals surface area contributed by atoms with Gasteiger partial charge >= 0.3 is 19.8 Å². The van der Waals surface area contributed by atoms with Crippen molar-refractivity contribution in [2.24, 2.45) is 5.73 Å². The van der Waals surface area contributed by atoms with E-state index in [9.17, 15) is 19.0 Å². The highest BCUT2D eigenvalue weighted by Gasteiger charge is 2.25. The Bertz CT molecular complexity index is 820. The van der Waals surface area contributed by atoms with Crippen LogP contribution in [0.4, 0.5) is 0 Å². The van der Waals surface area contributed by atoms with E-state index in [1.165, 1.54) is 70.6 Å². The van der Waals surface area contributed by atoms with Crippen molar-refractivity contribution in [1.29, 1.82) is 0 Å². The van der Waals surface area contributed by atoms with Crippen LogP contribution in [0, 0.1) is 0 Å². The molecule has 1 unspecified atom stereocenters. The normalized spacial score (nSPS) is 13.7. The molecule has 0 aromatic carbocycles. The fraction of sp³-hybridized carbons (Fsp3) is 0.833. The SMILES string of the molecule is CCCCC/C=C\C/C=C\CCCCCCCC(=O)O[C@H](COC(=O)CCCCCCCCCCCC)COP(=O)(O)OCCN. The molecule has 0 radical (unpaired) electrons. The van der Waals surface area contributed by atoms with Gasteiger partial charge in [-0.1, -0.05) is 128 Å². The van der Waals surface area contributed by atoms with E-state index >= 15 is 0 Å². The molecule has 0 saturated carbocycles. The van der Waals surface area contributed by atoms with Crippen LogP contribution in [0.2, 0.25) is 0 Å². The first-order valence-corrected chi connectivity index (χ1v) is 19.8. The van der Waals surface area contributed by atoms with Crippen molar-refractivity contribution in [3.05, 3.63) is 24.3 Å². The highest BCUT2D eigenvalue weighted by molar-refractivity contribution is 7.47. The molecule has 0 saturated heterocycles. The molecule has 0 aliphatic carbocycles. The fourth-order valence-corrected chi connectivity index (χ4v) is 5.60. The number of phosphoric acid groups is 1. The fourth-order valence-electron chi connectivity index (χ4n) is 4.84. The maximum atomic E-state index is 12.5. The molecule has 3 N–H and O–H groups in total. The van der Waals surface area contributed by atoms with Gasteiger partial charge in [-0.2, -0.15) is 0 Å². The van der Waals surface area contributed by atoms with Gasteiger partial charge in [0, 0.05) is 19.4 Å². The summed E-state index contributed by atoms with van der Waals surface area (Å²) in [6, 6.07) is 0. The molecule has 0 aliphatic heterocycles. The zero-order valence-electron chi connectivity index (χ0n) is 29.3. The summed E-state index contributed by atoms with van der Waals surface area (Å²) >= 11 is 0. The summed E-state index contributed by atoms with van der Waals surface area (Å²) in [6.45, 7) is 3.66. The minimum atomic E-state index is -4.37. The van der Waals surface area contributed by atoms with Crippen LogP contribution in [0.5, 0.6) is 0 Å².